The maximum atomic E-state index is 13.2. The quantitative estimate of drug-likeness (QED) is 0.648. The van der Waals surface area contributed by atoms with Gasteiger partial charge in [0.05, 0.1) is 15.9 Å². The highest BCUT2D eigenvalue weighted by Gasteiger charge is 2.27. The lowest BCUT2D eigenvalue weighted by Gasteiger charge is -2.15. The van der Waals surface area contributed by atoms with E-state index in [0.717, 1.165) is 11.3 Å². The van der Waals surface area contributed by atoms with Gasteiger partial charge in [0.25, 0.3) is 5.56 Å². The number of halogens is 1. The van der Waals surface area contributed by atoms with Gasteiger partial charge >= 0.3 is 0 Å². The minimum absolute atomic E-state index is 0.0461. The second kappa shape index (κ2) is 8.16. The van der Waals surface area contributed by atoms with E-state index in [-0.39, 0.29) is 16.9 Å². The molecule has 2 heterocycles. The molecule has 0 aliphatic heterocycles. The van der Waals surface area contributed by atoms with Crippen LogP contribution in [-0.2, 0) is 4.79 Å². The topological polar surface area (TPSA) is 75.8 Å². The van der Waals surface area contributed by atoms with Crippen molar-refractivity contribution in [3.8, 4) is 11.8 Å². The third-order valence-corrected chi connectivity index (χ3v) is 5.45. The van der Waals surface area contributed by atoms with Gasteiger partial charge in [-0.05, 0) is 42.5 Å². The van der Waals surface area contributed by atoms with Crippen LogP contribution in [0, 0.1) is 16.7 Å². The first-order valence-electron chi connectivity index (χ1n) is 8.82. The molecule has 5 nitrogen and oxygen atoms in total. The summed E-state index contributed by atoms with van der Waals surface area (Å²) >= 11 is 7.08. The van der Waals surface area contributed by atoms with Crippen molar-refractivity contribution in [3.05, 3.63) is 78.9 Å². The van der Waals surface area contributed by atoms with Gasteiger partial charge in [0.15, 0.2) is 5.78 Å². The number of hydrogen-bond acceptors (Lipinski definition) is 5. The summed E-state index contributed by atoms with van der Waals surface area (Å²) in [4.78, 5) is 30.3. The molecule has 0 spiro atoms. The number of ketones is 1. The lowest BCUT2D eigenvalue weighted by atomic mass is 9.87. The third-order valence-electron chi connectivity index (χ3n) is 4.11. The molecule has 146 valence electrons. The van der Waals surface area contributed by atoms with Gasteiger partial charge in [-0.3, -0.25) is 19.1 Å². The Bertz CT molecular complexity index is 1280. The number of rotatable bonds is 3. The molecule has 0 unspecified atom stereocenters. The fraction of sp³-hybridized carbons (Fsp3) is 0.182. The van der Waals surface area contributed by atoms with Gasteiger partial charge in [-0.2, -0.15) is 5.26 Å². The fourth-order valence-electron chi connectivity index (χ4n) is 2.64. The first kappa shape index (κ1) is 20.7. The highest BCUT2D eigenvalue weighted by molar-refractivity contribution is 7.07. The van der Waals surface area contributed by atoms with Gasteiger partial charge in [0.1, 0.15) is 16.3 Å². The Labute approximate surface area is 176 Å². The Morgan fingerprint density at radius 3 is 2.45 bits per heavy atom. The summed E-state index contributed by atoms with van der Waals surface area (Å²) in [5.41, 5.74) is 0.00518. The van der Waals surface area contributed by atoms with E-state index in [9.17, 15) is 14.9 Å². The number of carbonyl (C=O) groups excluding carboxylic acids is 1. The number of Topliss-reactive ketones (excluding diaryl/α,β-unsaturated/α-hetero) is 1. The number of hydrogen-bond donors (Lipinski definition) is 0. The van der Waals surface area contributed by atoms with Crippen LogP contribution in [0.1, 0.15) is 26.5 Å². The van der Waals surface area contributed by atoms with Crippen LogP contribution in [0.3, 0.4) is 0 Å². The van der Waals surface area contributed by atoms with Crippen LogP contribution in [-0.4, -0.2) is 15.3 Å². The zero-order valence-corrected chi connectivity index (χ0v) is 17.7. The zero-order chi connectivity index (χ0) is 21.2. The van der Waals surface area contributed by atoms with E-state index in [4.69, 9.17) is 11.6 Å². The average Bonchev–Trinajstić information content (AvgIpc) is 2.99. The van der Waals surface area contributed by atoms with Crippen molar-refractivity contribution in [2.24, 2.45) is 5.41 Å². The minimum atomic E-state index is -0.763. The smallest absolute Gasteiger partial charge is 0.273 e. The largest absolute Gasteiger partial charge is 0.293 e. The lowest BCUT2D eigenvalue weighted by Crippen LogP contribution is -2.33. The number of benzene rings is 1. The molecule has 3 aromatic rings. The summed E-state index contributed by atoms with van der Waals surface area (Å²) in [6.45, 7) is 5.23. The molecule has 0 aliphatic carbocycles. The molecule has 0 amide bonds. The molecule has 0 bridgehead atoms. The standard InChI is InChI=1S/C22H18ClN3O2S/c1-22(2,3)19(27)17(13-24)21-26(16-9-7-14(23)8-10-16)20(28)18(29-21)12-15-6-4-5-11-25-15/h4-12H,1-3H3/b18-12+,21-17-. The van der Waals surface area contributed by atoms with Crippen LogP contribution in [0.15, 0.2) is 53.5 Å². The number of thiazole rings is 1. The molecule has 0 saturated heterocycles. The molecular formula is C22H18ClN3O2S. The summed E-state index contributed by atoms with van der Waals surface area (Å²) < 4.78 is 2.06. The molecule has 0 N–H and O–H groups in total. The number of nitriles is 1. The van der Waals surface area contributed by atoms with E-state index in [0.29, 0.717) is 25.6 Å². The van der Waals surface area contributed by atoms with Crippen LogP contribution in [0.2, 0.25) is 5.02 Å². The molecule has 29 heavy (non-hydrogen) atoms. The van der Waals surface area contributed by atoms with Gasteiger partial charge in [0, 0.05) is 16.6 Å². The number of aromatic nitrogens is 2. The van der Waals surface area contributed by atoms with Crippen molar-refractivity contribution in [3.63, 3.8) is 0 Å². The van der Waals surface area contributed by atoms with Crippen molar-refractivity contribution < 1.29 is 4.79 Å². The van der Waals surface area contributed by atoms with E-state index in [1.807, 2.05) is 12.1 Å². The monoisotopic (exact) mass is 423 g/mol. The maximum Gasteiger partial charge on any atom is 0.273 e. The number of carbonyl (C=O) groups is 1. The van der Waals surface area contributed by atoms with Gasteiger partial charge in [0.2, 0.25) is 0 Å². The molecule has 0 fully saturated rings. The van der Waals surface area contributed by atoms with Crippen molar-refractivity contribution >= 4 is 40.4 Å². The van der Waals surface area contributed by atoms with Crippen molar-refractivity contribution in [2.75, 3.05) is 0 Å². The number of nitrogens with zero attached hydrogens (tertiary/aromatic N) is 3. The second-order valence-corrected chi connectivity index (χ2v) is 8.82. The van der Waals surface area contributed by atoms with Gasteiger partial charge in [-0.15, -0.1) is 11.3 Å². The van der Waals surface area contributed by atoms with Crippen LogP contribution in [0.4, 0.5) is 0 Å². The Morgan fingerprint density at radius 1 is 1.21 bits per heavy atom. The Kier molecular flexibility index (Phi) is 5.83. The molecular weight excluding hydrogens is 406 g/mol. The first-order chi connectivity index (χ1) is 13.7. The number of pyridine rings is 1. The summed E-state index contributed by atoms with van der Waals surface area (Å²) in [5, 5.41) is 10.3. The van der Waals surface area contributed by atoms with Gasteiger partial charge in [-0.1, -0.05) is 38.4 Å². The predicted octanol–water partition coefficient (Wildman–Crippen LogP) is 3.07. The Hall–Kier alpha value is -3.01. The lowest BCUT2D eigenvalue weighted by molar-refractivity contribution is -0.120. The first-order valence-corrected chi connectivity index (χ1v) is 10.0. The molecule has 1 aromatic carbocycles. The molecule has 3 rings (SSSR count). The van der Waals surface area contributed by atoms with E-state index in [1.54, 1.807) is 69.4 Å². The predicted molar refractivity (Wildman–Crippen MR) is 115 cm³/mol. The van der Waals surface area contributed by atoms with E-state index in [1.165, 1.54) is 4.57 Å². The van der Waals surface area contributed by atoms with E-state index < -0.39 is 5.41 Å². The van der Waals surface area contributed by atoms with Crippen molar-refractivity contribution in [2.45, 2.75) is 20.8 Å². The SMILES string of the molecule is CC(C)(C)C(=O)/C(C#N)=c1\s/c(=C/c2ccccn2)c(=O)n1-c1ccc(Cl)cc1. The molecule has 0 aliphatic rings. The summed E-state index contributed by atoms with van der Waals surface area (Å²) in [5.74, 6) is -0.326. The normalized spacial score (nSPS) is 13.1. The summed E-state index contributed by atoms with van der Waals surface area (Å²) in [6, 6.07) is 14.1. The van der Waals surface area contributed by atoms with Crippen LogP contribution in [0.25, 0.3) is 17.3 Å². The summed E-state index contributed by atoms with van der Waals surface area (Å²) in [6.07, 6.45) is 3.29. The van der Waals surface area contributed by atoms with Gasteiger partial charge < -0.3 is 0 Å². The van der Waals surface area contributed by atoms with Crippen LogP contribution >= 0.6 is 22.9 Å². The van der Waals surface area contributed by atoms with Crippen molar-refractivity contribution in [1.82, 2.24) is 9.55 Å². The Morgan fingerprint density at radius 2 is 1.90 bits per heavy atom. The molecule has 0 radical (unpaired) electrons. The van der Waals surface area contributed by atoms with Crippen LogP contribution in [0.5, 0.6) is 0 Å². The Balaban J connectivity index is 2.43. The highest BCUT2D eigenvalue weighted by Crippen LogP contribution is 2.20. The maximum absolute atomic E-state index is 13.2. The fourth-order valence-corrected chi connectivity index (χ4v) is 3.85. The molecule has 0 saturated carbocycles. The van der Waals surface area contributed by atoms with E-state index >= 15 is 0 Å². The second-order valence-electron chi connectivity index (χ2n) is 7.35. The average molecular weight is 424 g/mol. The summed E-state index contributed by atoms with van der Waals surface area (Å²) in [7, 11) is 0. The van der Waals surface area contributed by atoms with E-state index in [2.05, 4.69) is 4.98 Å². The third kappa shape index (κ3) is 4.37. The van der Waals surface area contributed by atoms with Gasteiger partial charge in [-0.25, -0.2) is 0 Å². The zero-order valence-electron chi connectivity index (χ0n) is 16.1. The molecule has 0 atom stereocenters. The highest BCUT2D eigenvalue weighted by atomic mass is 35.5. The molecule has 7 heteroatoms. The van der Waals surface area contributed by atoms with Crippen molar-refractivity contribution in [1.29, 1.82) is 5.26 Å². The van der Waals surface area contributed by atoms with Crippen LogP contribution < -0.4 is 14.8 Å². The minimum Gasteiger partial charge on any atom is -0.293 e. The molecule has 2 aromatic heterocycles.